The molecule has 31 heavy (non-hydrogen) atoms. The topological polar surface area (TPSA) is 47.7 Å². The maximum Gasteiger partial charge on any atom is 0.266 e. The average molecular weight is 429 g/mol. The number of anilines is 1. The van der Waals surface area contributed by atoms with E-state index in [4.69, 9.17) is 0 Å². The van der Waals surface area contributed by atoms with Crippen LogP contribution >= 0.6 is 0 Å². The SMILES string of the molecule is Cc1nnc2n1-c1c(cc(F)c(-c3cc(F)cc4c3ccn4C)c1C(F)F)NC2(C)C. The number of rotatable bonds is 2. The lowest BCUT2D eigenvalue weighted by Crippen LogP contribution is -2.36. The summed E-state index contributed by atoms with van der Waals surface area (Å²) in [5.74, 6) is -0.667. The quantitative estimate of drug-likeness (QED) is 0.422. The fraction of sp³-hybridized carbons (Fsp3) is 0.273. The summed E-state index contributed by atoms with van der Waals surface area (Å²) in [6.07, 6.45) is -1.35. The normalized spacial score (nSPS) is 14.6. The average Bonchev–Trinajstić information content (AvgIpc) is 3.24. The predicted octanol–water partition coefficient (Wildman–Crippen LogP) is 5.61. The number of aromatic nitrogens is 4. The Morgan fingerprint density at radius 2 is 1.84 bits per heavy atom. The molecule has 5 nitrogen and oxygen atoms in total. The molecule has 0 unspecified atom stereocenters. The molecule has 9 heteroatoms. The van der Waals surface area contributed by atoms with Crippen LogP contribution in [0.1, 0.15) is 37.5 Å². The number of fused-ring (bicyclic) bond motifs is 4. The molecule has 0 fully saturated rings. The van der Waals surface area contributed by atoms with Gasteiger partial charge in [0, 0.05) is 24.2 Å². The van der Waals surface area contributed by atoms with Gasteiger partial charge in [-0.25, -0.2) is 17.6 Å². The van der Waals surface area contributed by atoms with Crippen molar-refractivity contribution >= 4 is 16.6 Å². The standard InChI is InChI=1S/C22H19F4N5/c1-10-28-29-21-22(2,3)27-15-9-14(24)17(18(20(25)26)19(15)31(10)21)13-7-11(23)8-16-12(13)5-6-30(16)4/h5-9,20,27H,1-4H3. The minimum atomic E-state index is -3.03. The van der Waals surface area contributed by atoms with Crippen LogP contribution in [0.2, 0.25) is 0 Å². The highest BCUT2D eigenvalue weighted by Crippen LogP contribution is 2.47. The van der Waals surface area contributed by atoms with E-state index in [0.717, 1.165) is 6.07 Å². The minimum Gasteiger partial charge on any atom is -0.371 e. The largest absolute Gasteiger partial charge is 0.371 e. The third-order valence-corrected chi connectivity index (χ3v) is 5.80. The van der Waals surface area contributed by atoms with Crippen LogP contribution in [0, 0.1) is 18.6 Å². The van der Waals surface area contributed by atoms with Gasteiger partial charge in [0.25, 0.3) is 6.43 Å². The van der Waals surface area contributed by atoms with Crippen molar-refractivity contribution in [2.45, 2.75) is 32.7 Å². The number of benzene rings is 2. The lowest BCUT2D eigenvalue weighted by molar-refractivity contribution is 0.151. The van der Waals surface area contributed by atoms with Crippen LogP contribution in [0.3, 0.4) is 0 Å². The molecule has 1 N–H and O–H groups in total. The predicted molar refractivity (Wildman–Crippen MR) is 110 cm³/mol. The Morgan fingerprint density at radius 3 is 2.55 bits per heavy atom. The number of nitrogens with zero attached hydrogens (tertiary/aromatic N) is 4. The van der Waals surface area contributed by atoms with E-state index in [1.807, 2.05) is 13.8 Å². The smallest absolute Gasteiger partial charge is 0.266 e. The first-order chi connectivity index (χ1) is 14.6. The minimum absolute atomic E-state index is 0.0725. The van der Waals surface area contributed by atoms with Crippen LogP contribution < -0.4 is 5.32 Å². The van der Waals surface area contributed by atoms with E-state index in [1.54, 1.807) is 30.8 Å². The monoisotopic (exact) mass is 429 g/mol. The van der Waals surface area contributed by atoms with Gasteiger partial charge < -0.3 is 9.88 Å². The molecule has 0 amide bonds. The van der Waals surface area contributed by atoms with Gasteiger partial charge in [-0.2, -0.15) is 0 Å². The molecule has 4 aromatic rings. The molecule has 3 heterocycles. The van der Waals surface area contributed by atoms with Crippen molar-refractivity contribution in [1.29, 1.82) is 0 Å². The van der Waals surface area contributed by atoms with Crippen LogP contribution in [-0.4, -0.2) is 19.3 Å². The summed E-state index contributed by atoms with van der Waals surface area (Å²) in [5.41, 5.74) is -0.777. The number of aryl methyl sites for hydroxylation is 2. The number of halogens is 4. The number of hydrogen-bond donors (Lipinski definition) is 1. The fourth-order valence-electron chi connectivity index (χ4n) is 4.45. The molecular formula is C22H19F4N5. The second kappa shape index (κ2) is 6.32. The van der Waals surface area contributed by atoms with Gasteiger partial charge in [0.1, 0.15) is 17.5 Å². The van der Waals surface area contributed by atoms with Gasteiger partial charge in [0.15, 0.2) is 5.82 Å². The van der Waals surface area contributed by atoms with E-state index in [9.17, 15) is 13.2 Å². The van der Waals surface area contributed by atoms with E-state index in [-0.39, 0.29) is 22.5 Å². The van der Waals surface area contributed by atoms with E-state index in [2.05, 4.69) is 15.5 Å². The molecule has 0 saturated heterocycles. The molecule has 0 spiro atoms. The molecule has 0 aliphatic carbocycles. The van der Waals surface area contributed by atoms with E-state index in [1.165, 1.54) is 16.7 Å². The first kappa shape index (κ1) is 19.6. The zero-order chi connectivity index (χ0) is 22.2. The van der Waals surface area contributed by atoms with Crippen molar-refractivity contribution in [3.8, 4) is 16.8 Å². The van der Waals surface area contributed by atoms with Crippen molar-refractivity contribution in [3.05, 3.63) is 59.3 Å². The van der Waals surface area contributed by atoms with E-state index in [0.29, 0.717) is 22.6 Å². The lowest BCUT2D eigenvalue weighted by atomic mass is 9.91. The molecule has 1 aliphatic rings. The fourth-order valence-corrected chi connectivity index (χ4v) is 4.45. The summed E-state index contributed by atoms with van der Waals surface area (Å²) in [4.78, 5) is 0. The Hall–Kier alpha value is -3.36. The molecule has 2 aromatic carbocycles. The van der Waals surface area contributed by atoms with Gasteiger partial charge in [0.2, 0.25) is 0 Å². The van der Waals surface area contributed by atoms with Crippen molar-refractivity contribution in [2.24, 2.45) is 7.05 Å². The summed E-state index contributed by atoms with van der Waals surface area (Å²) in [6, 6.07) is 5.23. The van der Waals surface area contributed by atoms with Crippen molar-refractivity contribution in [3.63, 3.8) is 0 Å². The Kier molecular flexibility index (Phi) is 3.99. The molecule has 1 aliphatic heterocycles. The van der Waals surface area contributed by atoms with Gasteiger partial charge >= 0.3 is 0 Å². The Labute approximate surface area is 175 Å². The van der Waals surface area contributed by atoms with Crippen molar-refractivity contribution in [1.82, 2.24) is 19.3 Å². The van der Waals surface area contributed by atoms with Gasteiger partial charge in [-0.1, -0.05) is 0 Å². The van der Waals surface area contributed by atoms with Crippen LogP contribution in [0.5, 0.6) is 0 Å². The van der Waals surface area contributed by atoms with E-state index >= 15 is 4.39 Å². The van der Waals surface area contributed by atoms with E-state index < -0.39 is 29.2 Å². The molecule has 0 bridgehead atoms. The summed E-state index contributed by atoms with van der Waals surface area (Å²) in [6.45, 7) is 5.27. The molecule has 0 saturated carbocycles. The molecule has 5 rings (SSSR count). The highest BCUT2D eigenvalue weighted by molar-refractivity contribution is 5.98. The number of alkyl halides is 2. The summed E-state index contributed by atoms with van der Waals surface area (Å²) in [7, 11) is 1.71. The summed E-state index contributed by atoms with van der Waals surface area (Å²) in [5, 5.41) is 11.8. The van der Waals surface area contributed by atoms with Gasteiger partial charge in [0.05, 0.1) is 28.0 Å². The van der Waals surface area contributed by atoms with Crippen LogP contribution in [-0.2, 0) is 12.6 Å². The van der Waals surface area contributed by atoms with Gasteiger partial charge in [-0.3, -0.25) is 4.57 Å². The zero-order valence-electron chi connectivity index (χ0n) is 17.3. The summed E-state index contributed by atoms with van der Waals surface area (Å²) < 4.78 is 62.2. The van der Waals surface area contributed by atoms with Crippen LogP contribution in [0.4, 0.5) is 23.2 Å². The maximum absolute atomic E-state index is 15.5. The third kappa shape index (κ3) is 2.68. The highest BCUT2D eigenvalue weighted by atomic mass is 19.3. The second-order valence-corrected chi connectivity index (χ2v) is 8.31. The van der Waals surface area contributed by atoms with Crippen molar-refractivity contribution in [2.75, 3.05) is 5.32 Å². The van der Waals surface area contributed by atoms with Crippen LogP contribution in [0.25, 0.3) is 27.7 Å². The van der Waals surface area contributed by atoms with Gasteiger partial charge in [-0.15, -0.1) is 10.2 Å². The van der Waals surface area contributed by atoms with Crippen molar-refractivity contribution < 1.29 is 17.6 Å². The molecule has 0 atom stereocenters. The maximum atomic E-state index is 15.5. The highest BCUT2D eigenvalue weighted by Gasteiger charge is 2.39. The molecule has 160 valence electrons. The van der Waals surface area contributed by atoms with Gasteiger partial charge in [-0.05, 0) is 50.6 Å². The number of hydrogen-bond acceptors (Lipinski definition) is 3. The Balaban J connectivity index is 1.93. The summed E-state index contributed by atoms with van der Waals surface area (Å²) >= 11 is 0. The number of nitrogens with one attached hydrogen (secondary N) is 1. The van der Waals surface area contributed by atoms with Crippen LogP contribution in [0.15, 0.2) is 30.5 Å². The second-order valence-electron chi connectivity index (χ2n) is 8.31. The lowest BCUT2D eigenvalue weighted by Gasteiger charge is -2.35. The molecule has 2 aromatic heterocycles. The first-order valence-electron chi connectivity index (χ1n) is 9.70. The Morgan fingerprint density at radius 1 is 1.10 bits per heavy atom. The molecule has 0 radical (unpaired) electrons. The molecular weight excluding hydrogens is 410 g/mol. The third-order valence-electron chi connectivity index (χ3n) is 5.80. The first-order valence-corrected chi connectivity index (χ1v) is 9.70. The Bertz CT molecular complexity index is 1370. The zero-order valence-corrected chi connectivity index (χ0v) is 17.3.